The number of halogens is 3. The van der Waals surface area contributed by atoms with Crippen LogP contribution in [0.2, 0.25) is 0 Å². The molecule has 8 nitrogen and oxygen atoms in total. The Labute approximate surface area is 224 Å². The van der Waals surface area contributed by atoms with Crippen molar-refractivity contribution in [3.63, 3.8) is 0 Å². The topological polar surface area (TPSA) is 96.7 Å². The number of carbonyl (C=O) groups excluding carboxylic acids is 1. The average Bonchev–Trinajstić information content (AvgIpc) is 3.14. The first-order valence-corrected chi connectivity index (χ1v) is 12.7. The molecular weight excluding hydrogens is 513 g/mol. The predicted octanol–water partition coefficient (Wildman–Crippen LogP) is 5.03. The minimum atomic E-state index is -5.08. The van der Waals surface area contributed by atoms with E-state index < -0.39 is 12.1 Å². The van der Waals surface area contributed by atoms with Crippen molar-refractivity contribution in [1.82, 2.24) is 14.7 Å². The number of aromatic nitrogens is 2. The number of benzene rings is 2. The Bertz CT molecular complexity index is 1320. The molecular formula is C28H31F3N4O4. The zero-order valence-corrected chi connectivity index (χ0v) is 21.8. The van der Waals surface area contributed by atoms with Crippen LogP contribution < -0.4 is 10.1 Å². The molecule has 39 heavy (non-hydrogen) atoms. The van der Waals surface area contributed by atoms with Gasteiger partial charge in [0.25, 0.3) is 5.91 Å². The molecule has 0 bridgehead atoms. The Morgan fingerprint density at radius 1 is 1.05 bits per heavy atom. The third kappa shape index (κ3) is 6.78. The van der Waals surface area contributed by atoms with Crippen LogP contribution >= 0.6 is 0 Å². The van der Waals surface area contributed by atoms with Gasteiger partial charge in [-0.25, -0.2) is 9.48 Å². The lowest BCUT2D eigenvalue weighted by Gasteiger charge is -2.36. The largest absolute Gasteiger partial charge is 0.497 e. The first-order chi connectivity index (χ1) is 18.6. The number of hydrogen-bond donors (Lipinski definition) is 2. The number of aliphatic carboxylic acids is 1. The fourth-order valence-electron chi connectivity index (χ4n) is 4.75. The average molecular weight is 545 g/mol. The summed E-state index contributed by atoms with van der Waals surface area (Å²) in [5.74, 6) is -2.10. The molecule has 208 valence electrons. The zero-order chi connectivity index (χ0) is 28.2. The van der Waals surface area contributed by atoms with Gasteiger partial charge in [0.05, 0.1) is 30.3 Å². The van der Waals surface area contributed by atoms with Crippen LogP contribution in [0.15, 0.2) is 48.7 Å². The second-order valence-electron chi connectivity index (χ2n) is 9.61. The van der Waals surface area contributed by atoms with E-state index in [4.69, 9.17) is 14.6 Å². The van der Waals surface area contributed by atoms with Crippen molar-refractivity contribution in [2.24, 2.45) is 0 Å². The molecule has 0 atom stereocenters. The van der Waals surface area contributed by atoms with Crippen LogP contribution in [0.4, 0.5) is 18.9 Å². The summed E-state index contributed by atoms with van der Waals surface area (Å²) in [6, 6.07) is 14.8. The Hall–Kier alpha value is -3.86. The maximum atomic E-state index is 13.0. The van der Waals surface area contributed by atoms with Crippen molar-refractivity contribution in [2.75, 3.05) is 25.5 Å². The lowest BCUT2D eigenvalue weighted by Crippen LogP contribution is -2.41. The van der Waals surface area contributed by atoms with Gasteiger partial charge in [-0.05, 0) is 80.1 Å². The highest BCUT2D eigenvalue weighted by molar-refractivity contribution is 6.05. The van der Waals surface area contributed by atoms with Crippen LogP contribution in [0.5, 0.6) is 5.75 Å². The molecule has 5 rings (SSSR count). The van der Waals surface area contributed by atoms with Gasteiger partial charge in [0, 0.05) is 24.8 Å². The van der Waals surface area contributed by atoms with Crippen molar-refractivity contribution in [1.29, 1.82) is 0 Å². The predicted molar refractivity (Wildman–Crippen MR) is 140 cm³/mol. The van der Waals surface area contributed by atoms with Gasteiger partial charge in [0.1, 0.15) is 5.75 Å². The van der Waals surface area contributed by atoms with Gasteiger partial charge < -0.3 is 15.2 Å². The normalized spacial score (nSPS) is 15.7. The summed E-state index contributed by atoms with van der Waals surface area (Å²) in [7, 11) is 1.64. The maximum absolute atomic E-state index is 13.0. The highest BCUT2D eigenvalue weighted by Gasteiger charge is 2.38. The number of methoxy groups -OCH3 is 1. The van der Waals surface area contributed by atoms with Gasteiger partial charge in [-0.3, -0.25) is 9.69 Å². The second-order valence-corrected chi connectivity index (χ2v) is 9.61. The van der Waals surface area contributed by atoms with Crippen LogP contribution in [0, 0.1) is 6.92 Å². The Balaban J connectivity index is 0.000000448. The van der Waals surface area contributed by atoms with Gasteiger partial charge >= 0.3 is 12.1 Å². The van der Waals surface area contributed by atoms with E-state index in [-0.39, 0.29) is 5.91 Å². The standard InChI is InChI=1S/C26H30N4O2.C2HF3O2/c1-18-25(17-27-30(18)23-8-10-24(32-2)11-9-23)26(31)28-21-7-6-19-12-14-29(22-4-3-5-22)15-13-20(19)16-21;3-2(4,5)1(6)7/h6-11,16-17,22H,3-5,12-15H2,1-2H3,(H,28,31);(H,6,7). The molecule has 0 spiro atoms. The molecule has 2 aromatic carbocycles. The number of alkyl halides is 3. The molecule has 1 aliphatic heterocycles. The number of anilines is 1. The maximum Gasteiger partial charge on any atom is 0.490 e. The molecule has 2 N–H and O–H groups in total. The Kier molecular flexibility index (Phi) is 8.59. The van der Waals surface area contributed by atoms with E-state index in [9.17, 15) is 18.0 Å². The minimum absolute atomic E-state index is 0.132. The van der Waals surface area contributed by atoms with E-state index in [1.807, 2.05) is 37.3 Å². The number of carboxylic acid groups (broad SMARTS) is 1. The SMILES string of the molecule is COc1ccc(-n2ncc(C(=O)Nc3ccc4c(c3)CCN(C3CCC3)CC4)c2C)cc1.O=C(O)C(F)(F)F. The number of nitrogens with zero attached hydrogens (tertiary/aromatic N) is 3. The quantitative estimate of drug-likeness (QED) is 0.468. The summed E-state index contributed by atoms with van der Waals surface area (Å²) in [5.41, 5.74) is 5.89. The minimum Gasteiger partial charge on any atom is -0.497 e. The van der Waals surface area contributed by atoms with Crippen molar-refractivity contribution < 1.29 is 32.6 Å². The molecule has 0 radical (unpaired) electrons. The van der Waals surface area contributed by atoms with Crippen molar-refractivity contribution in [3.8, 4) is 11.4 Å². The van der Waals surface area contributed by atoms with Gasteiger partial charge in [-0.15, -0.1) is 0 Å². The first kappa shape index (κ1) is 28.2. The van der Waals surface area contributed by atoms with Gasteiger partial charge in [0.2, 0.25) is 0 Å². The van der Waals surface area contributed by atoms with Crippen molar-refractivity contribution in [2.45, 2.75) is 51.2 Å². The van der Waals surface area contributed by atoms with E-state index in [1.165, 1.54) is 30.4 Å². The molecule has 0 unspecified atom stereocenters. The van der Waals surface area contributed by atoms with Gasteiger partial charge in [-0.1, -0.05) is 12.5 Å². The lowest BCUT2D eigenvalue weighted by molar-refractivity contribution is -0.192. The molecule has 2 aliphatic rings. The molecule has 1 saturated carbocycles. The molecule has 2 heterocycles. The summed E-state index contributed by atoms with van der Waals surface area (Å²) in [6.07, 6.45) is 2.76. The lowest BCUT2D eigenvalue weighted by atomic mass is 9.91. The third-order valence-electron chi connectivity index (χ3n) is 7.21. The van der Waals surface area contributed by atoms with Crippen LogP contribution in [-0.4, -0.2) is 64.1 Å². The van der Waals surface area contributed by atoms with E-state index in [1.54, 1.807) is 18.0 Å². The molecule has 1 fully saturated rings. The molecule has 1 aromatic heterocycles. The fraction of sp³-hybridized carbons (Fsp3) is 0.393. The number of hydrogen-bond acceptors (Lipinski definition) is 5. The number of rotatable bonds is 5. The van der Waals surface area contributed by atoms with Crippen LogP contribution in [0.1, 0.15) is 46.4 Å². The van der Waals surface area contributed by atoms with Gasteiger partial charge in [-0.2, -0.15) is 18.3 Å². The van der Waals surface area contributed by atoms with Crippen molar-refractivity contribution in [3.05, 3.63) is 71.0 Å². The molecule has 0 saturated heterocycles. The van der Waals surface area contributed by atoms with Crippen LogP contribution in [0.25, 0.3) is 5.69 Å². The zero-order valence-electron chi connectivity index (χ0n) is 21.8. The first-order valence-electron chi connectivity index (χ1n) is 12.7. The highest BCUT2D eigenvalue weighted by Crippen LogP contribution is 2.28. The fourth-order valence-corrected chi connectivity index (χ4v) is 4.75. The van der Waals surface area contributed by atoms with E-state index in [2.05, 4.69) is 27.4 Å². The Morgan fingerprint density at radius 2 is 1.69 bits per heavy atom. The monoisotopic (exact) mass is 544 g/mol. The van der Waals surface area contributed by atoms with Gasteiger partial charge in [0.15, 0.2) is 0 Å². The van der Waals surface area contributed by atoms with Crippen molar-refractivity contribution >= 4 is 17.6 Å². The molecule has 3 aromatic rings. The van der Waals surface area contributed by atoms with E-state index >= 15 is 0 Å². The number of carboxylic acids is 1. The summed E-state index contributed by atoms with van der Waals surface area (Å²) < 4.78 is 38.7. The number of ether oxygens (including phenoxy) is 1. The number of nitrogens with one attached hydrogen (secondary N) is 1. The molecule has 1 amide bonds. The smallest absolute Gasteiger partial charge is 0.490 e. The summed E-state index contributed by atoms with van der Waals surface area (Å²) in [4.78, 5) is 24.6. The van der Waals surface area contributed by atoms with E-state index in [0.717, 1.165) is 54.8 Å². The third-order valence-corrected chi connectivity index (χ3v) is 7.21. The summed E-state index contributed by atoms with van der Waals surface area (Å²) >= 11 is 0. The summed E-state index contributed by atoms with van der Waals surface area (Å²) in [5, 5.41) is 14.6. The number of carbonyl (C=O) groups is 2. The van der Waals surface area contributed by atoms with E-state index in [0.29, 0.717) is 5.56 Å². The summed E-state index contributed by atoms with van der Waals surface area (Å²) in [6.45, 7) is 4.17. The molecule has 1 aliphatic carbocycles. The van der Waals surface area contributed by atoms with Crippen LogP contribution in [0.3, 0.4) is 0 Å². The Morgan fingerprint density at radius 3 is 2.26 bits per heavy atom. The molecule has 11 heteroatoms. The number of fused-ring (bicyclic) bond motifs is 1. The second kappa shape index (κ2) is 11.9. The number of amides is 1. The highest BCUT2D eigenvalue weighted by atomic mass is 19.4. The van der Waals surface area contributed by atoms with Crippen LogP contribution in [-0.2, 0) is 17.6 Å².